The van der Waals surface area contributed by atoms with Crippen molar-refractivity contribution >= 4 is 277 Å². The smallest absolute Gasteiger partial charge is 1.00 e. The van der Waals surface area contributed by atoms with E-state index in [1.54, 1.807) is 4.90 Å². The van der Waals surface area contributed by atoms with E-state index < -0.39 is 90.9 Å². The zero-order chi connectivity index (χ0) is 55.1. The average Bonchev–Trinajstić information content (AvgIpc) is 4.24. The molecule has 0 aromatic heterocycles. The Labute approximate surface area is 649 Å². The van der Waals surface area contributed by atoms with Crippen LogP contribution in [0.4, 0.5) is 5.69 Å². The van der Waals surface area contributed by atoms with Crippen LogP contribution in [0.3, 0.4) is 0 Å². The van der Waals surface area contributed by atoms with Gasteiger partial charge in [0.1, 0.15) is 11.6 Å². The number of phosphoric acid groups is 1. The third kappa shape index (κ3) is 27.7. The number of aliphatic hydroxyl groups excluding tert-OH is 1. The van der Waals surface area contributed by atoms with E-state index in [0.29, 0.717) is 19.4 Å². The number of nitrogens with zero attached hydrogens (tertiary/aromatic N) is 1. The van der Waals surface area contributed by atoms with Gasteiger partial charge in [-0.3, -0.25) is 23.4 Å². The first-order valence-corrected chi connectivity index (χ1v) is 33.1. The molecule has 23 nitrogen and oxygen atoms in total. The first-order chi connectivity index (χ1) is 36.7. The number of ether oxygens (including phenoxy) is 5. The molecule has 1 amide bonds. The molecular weight excluding hydrogens is 1680 g/mol. The summed E-state index contributed by atoms with van der Waals surface area (Å²) in [6.07, 6.45) is -1.88. The minimum atomic E-state index is -4.69. The second-order valence-electron chi connectivity index (χ2n) is 18.1. The molecule has 12 atom stereocenters. The van der Waals surface area contributed by atoms with Gasteiger partial charge >= 0.3 is 217 Å². The van der Waals surface area contributed by atoms with Gasteiger partial charge in [-0.1, -0.05) is 42.2 Å². The van der Waals surface area contributed by atoms with Crippen LogP contribution >= 0.6 is 28.8 Å². The van der Waals surface area contributed by atoms with Gasteiger partial charge in [-0.25, -0.2) is 31.0 Å². The fourth-order valence-corrected chi connectivity index (χ4v) is 12.9. The Kier molecular flexibility index (Phi) is 38.9. The SMILES string of the molecule is C=P(O)(OC[C@H]1O[CH-]C[C@H]1O)O[C@H]1C[CH-]O[C@H]1COP(O)(=S)O[C@@H]1C[CH-]O[C@@H]1COP(O)(=S)O[C@H]1C[CH-]O[C@H]1COP(=O)(O)OCCC(=O)CCOCCC(=O)CCCC(=O)N1Cc2ccccc2C#Cc2ccccc21.[Ba+2].[Ba+2].[Ba+2].[Ba+2].[H-].[H-].[H-].[H-]. The average molecular weight is 1750 g/mol. The predicted molar refractivity (Wildman–Crippen MR) is 311 cm³/mol. The summed E-state index contributed by atoms with van der Waals surface area (Å²) in [5, 5.41) is 9.92. The Morgan fingerprint density at radius 1 is 0.617 bits per heavy atom. The van der Waals surface area contributed by atoms with Crippen molar-refractivity contribution in [3.05, 3.63) is 91.6 Å². The number of hydrogen-bond acceptors (Lipinski definition) is 21. The van der Waals surface area contributed by atoms with Gasteiger partial charge in [0.05, 0.1) is 107 Å². The summed E-state index contributed by atoms with van der Waals surface area (Å²) in [5.41, 5.74) is 3.28. The van der Waals surface area contributed by atoms with Crippen molar-refractivity contribution in [1.82, 2.24) is 0 Å². The Balaban J connectivity index is 0. The van der Waals surface area contributed by atoms with E-state index in [4.69, 9.17) is 83.5 Å². The fraction of sp³-hybridized carbons (Fsp3) is 0.542. The molecule has 5 aliphatic rings. The van der Waals surface area contributed by atoms with Gasteiger partial charge in [0.25, 0.3) is 0 Å². The zero-order valence-electron chi connectivity index (χ0n) is 48.5. The molecule has 436 valence electrons. The number of carbonyl (C=O) groups is 3. The summed E-state index contributed by atoms with van der Waals surface area (Å²) in [5.74, 6) is 5.86. The minimum Gasteiger partial charge on any atom is -1.00 e. The van der Waals surface area contributed by atoms with Crippen LogP contribution in [0.2, 0.25) is 0 Å². The molecule has 2 aromatic carbocycles. The Bertz CT molecular complexity index is 2630. The second-order valence-corrected chi connectivity index (χ2v) is 26.8. The van der Waals surface area contributed by atoms with Crippen molar-refractivity contribution in [2.75, 3.05) is 51.1 Å². The van der Waals surface area contributed by atoms with Crippen LogP contribution in [0.25, 0.3) is 0 Å². The van der Waals surface area contributed by atoms with E-state index in [2.05, 4.69) is 18.1 Å². The first-order valence-electron chi connectivity index (χ1n) is 24.6. The monoisotopic (exact) mass is 1750 g/mol. The third-order valence-corrected chi connectivity index (χ3v) is 17.6. The number of phosphoric ester groups is 1. The summed E-state index contributed by atoms with van der Waals surface area (Å²) in [6.45, 7) is -3.71. The molecule has 5 aliphatic heterocycles. The molecule has 5 heterocycles. The molecule has 0 bridgehead atoms. The minimum absolute atomic E-state index is 0. The number of hydrogen-bond donors (Lipinski definition) is 5. The Hall–Kier alpha value is 4.21. The normalized spacial score (nSPS) is 25.9. The van der Waals surface area contributed by atoms with Crippen LogP contribution in [0.1, 0.15) is 86.6 Å². The van der Waals surface area contributed by atoms with Crippen LogP contribution in [-0.2, 0) is 109 Å². The third-order valence-electron chi connectivity index (χ3n) is 12.3. The number of benzene rings is 2. The van der Waals surface area contributed by atoms with E-state index in [1.807, 2.05) is 48.5 Å². The van der Waals surface area contributed by atoms with Crippen LogP contribution in [0, 0.1) is 38.3 Å². The molecule has 2 aromatic rings. The number of para-hydroxylation sites is 1. The molecule has 33 heteroatoms. The van der Waals surface area contributed by atoms with Crippen LogP contribution in [-0.4, -0.2) is 339 Å². The van der Waals surface area contributed by atoms with Crippen LogP contribution in [0.15, 0.2) is 48.5 Å². The Morgan fingerprint density at radius 2 is 1.09 bits per heavy atom. The Morgan fingerprint density at radius 3 is 1.67 bits per heavy atom. The summed E-state index contributed by atoms with van der Waals surface area (Å²) >= 11 is 10.5. The van der Waals surface area contributed by atoms with Gasteiger partial charge in [0, 0.05) is 43.2 Å². The number of aliphatic hydroxyl groups is 1. The molecule has 4 fully saturated rings. The van der Waals surface area contributed by atoms with Crippen molar-refractivity contribution in [3.8, 4) is 11.8 Å². The van der Waals surface area contributed by atoms with E-state index in [9.17, 15) is 43.6 Å². The van der Waals surface area contributed by atoms with Crippen LogP contribution < -0.4 is 4.90 Å². The van der Waals surface area contributed by atoms with Crippen molar-refractivity contribution in [1.29, 1.82) is 0 Å². The molecule has 4 unspecified atom stereocenters. The quantitative estimate of drug-likeness (QED) is 0.0222. The largest absolute Gasteiger partial charge is 2.00 e. The number of anilines is 1. The number of carbonyl (C=O) groups excluding carboxylic acids is 3. The number of ketones is 2. The topological polar surface area (TPSA) is 293 Å². The van der Waals surface area contributed by atoms with E-state index in [-0.39, 0.29) is 303 Å². The van der Waals surface area contributed by atoms with Gasteiger partial charge < -0.3 is 86.1 Å². The summed E-state index contributed by atoms with van der Waals surface area (Å²) < 4.78 is 83.6. The molecule has 81 heavy (non-hydrogen) atoms. The zero-order valence-corrected chi connectivity index (χ0v) is 67.5. The standard InChI is InChI=1S/C48H63NO22P4S2.4Ba.4H/c1-72(54,65-30-44-40(52)18-24-60-44)69-41-19-25-62-46(41)32-67-74(57,76)71-43-21-27-63-47(43)33-68-75(58,77)70-42-20-26-61-45(42)31-66-73(55,56)64-28-17-38(51)16-23-59-22-15-37(50)10-6-12-48(53)49-29-36-9-3-2-7-34(36)13-14-35-8-4-5-11-39(35)49;;;;;;;;/h2-5,7-9,11,24-27,40-47,52,54H,1,6,10,12,15-23,28-33H2,(H,55,56)(H,57,76)(H,58,77);;;;;;;;/q-4;4*+2;4*-1/t40-,41+,42+,43-,44-,45+,46+,47-,72?,74?,75?;;;;;;;;/m1......../s1. The fourth-order valence-electron chi connectivity index (χ4n) is 8.14. The van der Waals surface area contributed by atoms with Crippen molar-refractivity contribution in [2.24, 2.45) is 0 Å². The number of Topliss-reactive ketones (excluding diaryl/α,β-unsaturated/α-hetero) is 2. The maximum atomic E-state index is 13.4. The van der Waals surface area contributed by atoms with E-state index in [0.717, 1.165) is 22.4 Å². The molecular formula is C48H67Ba4NO22P4S2. The van der Waals surface area contributed by atoms with Gasteiger partial charge in [-0.2, -0.15) is 0 Å². The molecule has 0 saturated carbocycles. The van der Waals surface area contributed by atoms with Crippen molar-refractivity contribution < 1.29 is 109 Å². The van der Waals surface area contributed by atoms with Gasteiger partial charge in [0.2, 0.25) is 13.5 Å². The molecule has 5 N–H and O–H groups in total. The summed E-state index contributed by atoms with van der Waals surface area (Å²) in [6, 6.07) is 15.2. The molecule has 0 radical (unpaired) electrons. The molecule has 0 spiro atoms. The predicted octanol–water partition coefficient (Wildman–Crippen LogP) is 4.48. The van der Waals surface area contributed by atoms with Crippen molar-refractivity contribution in [2.45, 2.75) is 120 Å². The molecule has 0 aliphatic carbocycles. The van der Waals surface area contributed by atoms with E-state index in [1.165, 1.54) is 26.4 Å². The van der Waals surface area contributed by atoms with Gasteiger partial charge in [-0.15, -0.1) is 25.7 Å². The second kappa shape index (κ2) is 39.7. The molecule has 4 saturated heterocycles. The number of amides is 1. The van der Waals surface area contributed by atoms with E-state index >= 15 is 0 Å². The number of rotatable bonds is 32. The van der Waals surface area contributed by atoms with Gasteiger partial charge in [-0.05, 0) is 60.1 Å². The number of fused-ring (bicyclic) bond motifs is 2. The maximum absolute atomic E-state index is 13.4. The molecule has 7 rings (SSSR count). The van der Waals surface area contributed by atoms with Gasteiger partial charge in [0.15, 0.2) is 0 Å². The summed E-state index contributed by atoms with van der Waals surface area (Å²) in [4.78, 5) is 83.0. The maximum Gasteiger partial charge on any atom is 2.00 e. The first kappa shape index (κ1) is 79.4. The van der Waals surface area contributed by atoms with Crippen LogP contribution in [0.5, 0.6) is 0 Å². The summed E-state index contributed by atoms with van der Waals surface area (Å²) in [7, 11) is -8.32. The van der Waals surface area contributed by atoms with Crippen molar-refractivity contribution in [3.63, 3.8) is 0 Å².